The Morgan fingerprint density at radius 1 is 1.04 bits per heavy atom. The topological polar surface area (TPSA) is 72.8 Å². The zero-order chi connectivity index (χ0) is 18.5. The second-order valence-corrected chi connectivity index (χ2v) is 5.65. The number of hydrogen-bond acceptors (Lipinski definition) is 5. The molecule has 0 fully saturated rings. The van der Waals surface area contributed by atoms with Crippen LogP contribution in [0.3, 0.4) is 0 Å². The number of nitrogens with zero attached hydrogens (tertiary/aromatic N) is 2. The summed E-state index contributed by atoms with van der Waals surface area (Å²) < 4.78 is 10.3. The van der Waals surface area contributed by atoms with Crippen LogP contribution < -0.4 is 14.9 Å². The van der Waals surface area contributed by atoms with Crippen LogP contribution in [0.1, 0.15) is 21.6 Å². The van der Waals surface area contributed by atoms with Crippen molar-refractivity contribution >= 4 is 23.0 Å². The molecule has 3 aromatic rings. The molecule has 0 unspecified atom stereocenters. The number of amides is 1. The largest absolute Gasteiger partial charge is 0.497 e. The smallest absolute Gasteiger partial charge is 0.273 e. The predicted octanol–water partition coefficient (Wildman–Crippen LogP) is 3.32. The summed E-state index contributed by atoms with van der Waals surface area (Å²) in [5, 5.41) is 4.84. The summed E-state index contributed by atoms with van der Waals surface area (Å²) in [7, 11) is 3.21. The molecule has 0 bridgehead atoms. The van der Waals surface area contributed by atoms with Crippen LogP contribution in [0.5, 0.6) is 11.5 Å². The van der Waals surface area contributed by atoms with Crippen LogP contribution in [-0.2, 0) is 0 Å². The Bertz CT molecular complexity index is 966. The summed E-state index contributed by atoms with van der Waals surface area (Å²) in [4.78, 5) is 16.9. The minimum absolute atomic E-state index is 0.315. The molecular formula is C20H19N3O3. The van der Waals surface area contributed by atoms with Gasteiger partial charge in [-0.1, -0.05) is 0 Å². The highest BCUT2D eigenvalue weighted by atomic mass is 16.5. The van der Waals surface area contributed by atoms with Gasteiger partial charge in [-0.3, -0.25) is 9.78 Å². The van der Waals surface area contributed by atoms with Crippen molar-refractivity contribution in [1.29, 1.82) is 0 Å². The van der Waals surface area contributed by atoms with E-state index in [-0.39, 0.29) is 5.91 Å². The van der Waals surface area contributed by atoms with E-state index in [9.17, 15) is 4.79 Å². The fourth-order valence-corrected chi connectivity index (χ4v) is 2.52. The summed E-state index contributed by atoms with van der Waals surface area (Å²) in [5.74, 6) is 1.16. The van der Waals surface area contributed by atoms with Gasteiger partial charge in [-0.15, -0.1) is 0 Å². The molecule has 26 heavy (non-hydrogen) atoms. The van der Waals surface area contributed by atoms with Crippen molar-refractivity contribution in [1.82, 2.24) is 10.4 Å². The van der Waals surface area contributed by atoms with Crippen molar-refractivity contribution < 1.29 is 14.3 Å². The molecule has 0 spiro atoms. The molecule has 1 N–H and O–H groups in total. The lowest BCUT2D eigenvalue weighted by Gasteiger charge is -2.07. The van der Waals surface area contributed by atoms with Crippen LogP contribution in [0.4, 0.5) is 0 Å². The number of carbonyl (C=O) groups is 1. The number of fused-ring (bicyclic) bond motifs is 1. The quantitative estimate of drug-likeness (QED) is 0.566. The number of aromatic nitrogens is 1. The molecule has 0 aliphatic heterocycles. The fraction of sp³-hybridized carbons (Fsp3) is 0.150. The van der Waals surface area contributed by atoms with E-state index in [0.29, 0.717) is 17.0 Å². The van der Waals surface area contributed by atoms with Crippen LogP contribution in [0.2, 0.25) is 0 Å². The number of hydrogen-bond donors (Lipinski definition) is 1. The minimum Gasteiger partial charge on any atom is -0.497 e. The first-order valence-corrected chi connectivity index (χ1v) is 8.03. The standard InChI is InChI=1S/C20H19N3O3/c1-13-18(11-15-10-17(26-3)8-9-19(15)22-13)20(24)23-21-12-14-4-6-16(25-2)7-5-14/h4-12H,1-3H3,(H,23,24)/b21-12+. The second-order valence-electron chi connectivity index (χ2n) is 5.65. The molecule has 0 aliphatic rings. The Morgan fingerprint density at radius 2 is 1.73 bits per heavy atom. The molecule has 0 saturated carbocycles. The van der Waals surface area contributed by atoms with Gasteiger partial charge in [0.25, 0.3) is 5.91 Å². The minimum atomic E-state index is -0.315. The molecule has 132 valence electrons. The van der Waals surface area contributed by atoms with Gasteiger partial charge >= 0.3 is 0 Å². The van der Waals surface area contributed by atoms with Crippen molar-refractivity contribution in [2.24, 2.45) is 5.10 Å². The van der Waals surface area contributed by atoms with E-state index in [2.05, 4.69) is 15.5 Å². The van der Waals surface area contributed by atoms with E-state index in [0.717, 1.165) is 22.2 Å². The van der Waals surface area contributed by atoms with E-state index in [1.54, 1.807) is 33.4 Å². The maximum absolute atomic E-state index is 12.4. The molecule has 0 radical (unpaired) electrons. The first kappa shape index (κ1) is 17.4. The summed E-state index contributed by atoms with van der Waals surface area (Å²) in [6.07, 6.45) is 1.57. The van der Waals surface area contributed by atoms with Gasteiger partial charge in [0, 0.05) is 5.39 Å². The zero-order valence-electron chi connectivity index (χ0n) is 14.8. The number of aryl methyl sites for hydroxylation is 1. The van der Waals surface area contributed by atoms with Gasteiger partial charge in [0.2, 0.25) is 0 Å². The van der Waals surface area contributed by atoms with Gasteiger partial charge in [-0.25, -0.2) is 5.43 Å². The highest BCUT2D eigenvalue weighted by Crippen LogP contribution is 2.21. The van der Waals surface area contributed by atoms with Gasteiger partial charge in [0.15, 0.2) is 0 Å². The second kappa shape index (κ2) is 7.65. The van der Waals surface area contributed by atoms with E-state index >= 15 is 0 Å². The summed E-state index contributed by atoms with van der Waals surface area (Å²) in [6.45, 7) is 1.80. The molecule has 6 heteroatoms. The van der Waals surface area contributed by atoms with Crippen LogP contribution in [0, 0.1) is 6.92 Å². The Labute approximate surface area is 151 Å². The van der Waals surface area contributed by atoms with Crippen LogP contribution in [0.15, 0.2) is 53.6 Å². The number of nitrogens with one attached hydrogen (secondary N) is 1. The highest BCUT2D eigenvalue weighted by molar-refractivity contribution is 5.99. The van der Waals surface area contributed by atoms with Crippen LogP contribution in [-0.4, -0.2) is 31.3 Å². The maximum Gasteiger partial charge on any atom is 0.273 e. The Morgan fingerprint density at radius 3 is 2.42 bits per heavy atom. The number of ether oxygens (including phenoxy) is 2. The normalized spacial score (nSPS) is 10.9. The van der Waals surface area contributed by atoms with E-state index in [1.807, 2.05) is 42.5 Å². The van der Waals surface area contributed by atoms with Crippen LogP contribution in [0.25, 0.3) is 10.9 Å². The van der Waals surface area contributed by atoms with E-state index in [4.69, 9.17) is 9.47 Å². The lowest BCUT2D eigenvalue weighted by molar-refractivity contribution is 0.0954. The number of carbonyl (C=O) groups excluding carboxylic acids is 1. The summed E-state index contributed by atoms with van der Waals surface area (Å²) >= 11 is 0. The van der Waals surface area contributed by atoms with Gasteiger partial charge in [0.05, 0.1) is 37.2 Å². The lowest BCUT2D eigenvalue weighted by atomic mass is 10.1. The SMILES string of the molecule is COc1ccc(/C=N/NC(=O)c2cc3cc(OC)ccc3nc2C)cc1. The van der Waals surface area contributed by atoms with Gasteiger partial charge in [-0.05, 0) is 61.0 Å². The van der Waals surface area contributed by atoms with E-state index < -0.39 is 0 Å². The molecule has 2 aromatic carbocycles. The van der Waals surface area contributed by atoms with Gasteiger partial charge in [-0.2, -0.15) is 5.10 Å². The number of methoxy groups -OCH3 is 2. The first-order chi connectivity index (χ1) is 12.6. The van der Waals surface area contributed by atoms with Crippen molar-refractivity contribution in [2.75, 3.05) is 14.2 Å². The molecular weight excluding hydrogens is 330 g/mol. The number of benzene rings is 2. The third-order valence-corrected chi connectivity index (χ3v) is 3.95. The van der Waals surface area contributed by atoms with Crippen molar-refractivity contribution in [2.45, 2.75) is 6.92 Å². The number of rotatable bonds is 5. The Balaban J connectivity index is 1.77. The Hall–Kier alpha value is -3.41. The van der Waals surface area contributed by atoms with Crippen LogP contribution >= 0.6 is 0 Å². The first-order valence-electron chi connectivity index (χ1n) is 8.03. The molecule has 1 aromatic heterocycles. The van der Waals surface area contributed by atoms with E-state index in [1.165, 1.54) is 0 Å². The third kappa shape index (κ3) is 3.80. The van der Waals surface area contributed by atoms with Gasteiger partial charge in [0.1, 0.15) is 11.5 Å². The fourth-order valence-electron chi connectivity index (χ4n) is 2.52. The predicted molar refractivity (Wildman–Crippen MR) is 101 cm³/mol. The third-order valence-electron chi connectivity index (χ3n) is 3.95. The highest BCUT2D eigenvalue weighted by Gasteiger charge is 2.11. The van der Waals surface area contributed by atoms with Crippen molar-refractivity contribution in [3.63, 3.8) is 0 Å². The number of pyridine rings is 1. The molecule has 3 rings (SSSR count). The monoisotopic (exact) mass is 349 g/mol. The summed E-state index contributed by atoms with van der Waals surface area (Å²) in [5.41, 5.74) is 5.31. The van der Waals surface area contributed by atoms with Crippen molar-refractivity contribution in [3.8, 4) is 11.5 Å². The summed E-state index contributed by atoms with van der Waals surface area (Å²) in [6, 6.07) is 14.7. The van der Waals surface area contributed by atoms with Crippen molar-refractivity contribution in [3.05, 3.63) is 65.4 Å². The average molecular weight is 349 g/mol. The molecule has 0 atom stereocenters. The lowest BCUT2D eigenvalue weighted by Crippen LogP contribution is -2.19. The molecule has 1 amide bonds. The zero-order valence-corrected chi connectivity index (χ0v) is 14.8. The van der Waals surface area contributed by atoms with Gasteiger partial charge < -0.3 is 9.47 Å². The molecule has 1 heterocycles. The molecule has 0 saturated heterocycles. The number of hydrazone groups is 1. The Kier molecular flexibility index (Phi) is 5.12. The average Bonchev–Trinajstić information content (AvgIpc) is 2.67. The molecule has 6 nitrogen and oxygen atoms in total. The molecule has 0 aliphatic carbocycles. The maximum atomic E-state index is 12.4.